The van der Waals surface area contributed by atoms with Gasteiger partial charge in [-0.1, -0.05) is 20.8 Å². The maximum absolute atomic E-state index is 8.99. The zero-order chi connectivity index (χ0) is 12.9. The third-order valence-electron chi connectivity index (χ3n) is 3.13. The Morgan fingerprint density at radius 2 is 2.12 bits per heavy atom. The van der Waals surface area contributed by atoms with Gasteiger partial charge in [0.25, 0.3) is 0 Å². The molecule has 0 saturated heterocycles. The molecular weight excluding hydrogens is 230 g/mol. The van der Waals surface area contributed by atoms with E-state index in [1.54, 1.807) is 0 Å². The fourth-order valence-electron chi connectivity index (χ4n) is 1.74. The molecule has 17 heavy (non-hydrogen) atoms. The van der Waals surface area contributed by atoms with E-state index in [2.05, 4.69) is 45.1 Å². The number of nitrogens with one attached hydrogen (secondary N) is 1. The van der Waals surface area contributed by atoms with Crippen molar-refractivity contribution in [2.24, 2.45) is 5.41 Å². The third kappa shape index (κ3) is 4.78. The molecule has 1 atom stereocenters. The number of thiophene rings is 1. The molecule has 1 unspecified atom stereocenters. The summed E-state index contributed by atoms with van der Waals surface area (Å²) >= 11 is 1.89. The van der Waals surface area contributed by atoms with Crippen LogP contribution in [0, 0.1) is 5.41 Å². The quantitative estimate of drug-likeness (QED) is 0.783. The molecule has 2 N–H and O–H groups in total. The highest BCUT2D eigenvalue weighted by Crippen LogP contribution is 2.25. The maximum Gasteiger partial charge on any atom is 0.0436 e. The summed E-state index contributed by atoms with van der Waals surface area (Å²) in [5.74, 6) is 0. The van der Waals surface area contributed by atoms with E-state index in [1.165, 1.54) is 9.75 Å². The molecule has 3 heteroatoms. The molecule has 0 aliphatic rings. The van der Waals surface area contributed by atoms with Crippen molar-refractivity contribution in [3.63, 3.8) is 0 Å². The molecule has 1 aromatic heterocycles. The Balaban J connectivity index is 2.46. The van der Waals surface area contributed by atoms with Gasteiger partial charge in [0.05, 0.1) is 0 Å². The second-order valence-electron chi connectivity index (χ2n) is 5.40. The number of aryl methyl sites for hydroxylation is 1. The topological polar surface area (TPSA) is 32.3 Å². The standard InChI is InChI=1S/C14H25NOS/c1-5-12-6-7-13(17-12)11(2)15-10-14(3,4)8-9-16/h6-7,11,15-16H,5,8-10H2,1-4H3. The number of aliphatic hydroxyl groups excluding tert-OH is 1. The van der Waals surface area contributed by atoms with Crippen LogP contribution < -0.4 is 5.32 Å². The Labute approximate surface area is 109 Å². The van der Waals surface area contributed by atoms with E-state index in [0.717, 1.165) is 19.4 Å². The first kappa shape index (κ1) is 14.7. The Morgan fingerprint density at radius 1 is 1.41 bits per heavy atom. The Morgan fingerprint density at radius 3 is 2.65 bits per heavy atom. The van der Waals surface area contributed by atoms with Crippen LogP contribution in [0.4, 0.5) is 0 Å². The maximum atomic E-state index is 8.99. The van der Waals surface area contributed by atoms with Gasteiger partial charge in [-0.25, -0.2) is 0 Å². The SMILES string of the molecule is CCc1ccc(C(C)NCC(C)(C)CCO)s1. The molecule has 0 aliphatic heterocycles. The van der Waals surface area contributed by atoms with Crippen molar-refractivity contribution >= 4 is 11.3 Å². The van der Waals surface area contributed by atoms with Crippen molar-refractivity contribution < 1.29 is 5.11 Å². The molecular formula is C14H25NOS. The summed E-state index contributed by atoms with van der Waals surface area (Å²) < 4.78 is 0. The highest BCUT2D eigenvalue weighted by Gasteiger charge is 2.18. The van der Waals surface area contributed by atoms with Gasteiger partial charge in [-0.3, -0.25) is 0 Å². The molecule has 1 heterocycles. The first-order chi connectivity index (χ1) is 7.98. The average molecular weight is 255 g/mol. The smallest absolute Gasteiger partial charge is 0.0436 e. The molecule has 0 amide bonds. The minimum absolute atomic E-state index is 0.161. The van der Waals surface area contributed by atoms with Crippen LogP contribution in [-0.2, 0) is 6.42 Å². The highest BCUT2D eigenvalue weighted by molar-refractivity contribution is 7.12. The lowest BCUT2D eigenvalue weighted by Gasteiger charge is -2.26. The van der Waals surface area contributed by atoms with Gasteiger partial charge in [-0.2, -0.15) is 0 Å². The van der Waals surface area contributed by atoms with Crippen LogP contribution >= 0.6 is 11.3 Å². The second-order valence-corrected chi connectivity index (χ2v) is 6.60. The van der Waals surface area contributed by atoms with Gasteiger partial charge < -0.3 is 10.4 Å². The first-order valence-electron chi connectivity index (χ1n) is 6.41. The van der Waals surface area contributed by atoms with Gasteiger partial charge in [0, 0.05) is 28.9 Å². The average Bonchev–Trinajstić information content (AvgIpc) is 2.74. The van der Waals surface area contributed by atoms with Crippen LogP contribution in [0.15, 0.2) is 12.1 Å². The van der Waals surface area contributed by atoms with Crippen LogP contribution in [-0.4, -0.2) is 18.3 Å². The molecule has 0 fully saturated rings. The van der Waals surface area contributed by atoms with Gasteiger partial charge in [0.15, 0.2) is 0 Å². The van der Waals surface area contributed by atoms with Gasteiger partial charge in [0.2, 0.25) is 0 Å². The normalized spacial score (nSPS) is 13.9. The summed E-state index contributed by atoms with van der Waals surface area (Å²) in [6, 6.07) is 4.84. The molecule has 1 rings (SSSR count). The van der Waals surface area contributed by atoms with Gasteiger partial charge in [-0.05, 0) is 37.3 Å². The Kier molecular flexibility index (Phi) is 5.63. The second kappa shape index (κ2) is 6.53. The minimum Gasteiger partial charge on any atom is -0.396 e. The largest absolute Gasteiger partial charge is 0.396 e. The summed E-state index contributed by atoms with van der Waals surface area (Å²) in [6.07, 6.45) is 1.96. The number of aliphatic hydroxyl groups is 1. The van der Waals surface area contributed by atoms with E-state index in [4.69, 9.17) is 5.11 Å². The zero-order valence-electron chi connectivity index (χ0n) is 11.4. The van der Waals surface area contributed by atoms with Gasteiger partial charge in [0.1, 0.15) is 0 Å². The lowest BCUT2D eigenvalue weighted by Crippen LogP contribution is -2.31. The van der Waals surface area contributed by atoms with E-state index in [9.17, 15) is 0 Å². The van der Waals surface area contributed by atoms with Gasteiger partial charge in [-0.15, -0.1) is 11.3 Å². The van der Waals surface area contributed by atoms with Crippen molar-refractivity contribution in [2.75, 3.05) is 13.2 Å². The summed E-state index contributed by atoms with van der Waals surface area (Å²) in [6.45, 7) is 9.98. The zero-order valence-corrected chi connectivity index (χ0v) is 12.2. The van der Waals surface area contributed by atoms with Crippen LogP contribution in [0.25, 0.3) is 0 Å². The van der Waals surface area contributed by atoms with Crippen molar-refractivity contribution in [3.8, 4) is 0 Å². The van der Waals surface area contributed by atoms with Crippen molar-refractivity contribution in [1.82, 2.24) is 5.32 Å². The number of hydrogen-bond donors (Lipinski definition) is 2. The fourth-order valence-corrected chi connectivity index (χ4v) is 2.72. The van der Waals surface area contributed by atoms with Crippen molar-refractivity contribution in [1.29, 1.82) is 0 Å². The predicted octanol–water partition coefficient (Wildman–Crippen LogP) is 3.37. The molecule has 0 saturated carbocycles. The highest BCUT2D eigenvalue weighted by atomic mass is 32.1. The van der Waals surface area contributed by atoms with Crippen LogP contribution in [0.2, 0.25) is 0 Å². The molecule has 1 aromatic rings. The number of rotatable bonds is 7. The summed E-state index contributed by atoms with van der Waals surface area (Å²) in [7, 11) is 0. The molecule has 2 nitrogen and oxygen atoms in total. The molecule has 98 valence electrons. The summed E-state index contributed by atoms with van der Waals surface area (Å²) in [5, 5.41) is 12.6. The lowest BCUT2D eigenvalue weighted by atomic mass is 9.89. The van der Waals surface area contributed by atoms with E-state index in [-0.39, 0.29) is 12.0 Å². The Bertz CT molecular complexity index is 333. The van der Waals surface area contributed by atoms with E-state index in [0.29, 0.717) is 6.04 Å². The first-order valence-corrected chi connectivity index (χ1v) is 7.23. The lowest BCUT2D eigenvalue weighted by molar-refractivity contribution is 0.204. The number of hydrogen-bond acceptors (Lipinski definition) is 3. The van der Waals surface area contributed by atoms with Crippen LogP contribution in [0.3, 0.4) is 0 Å². The summed E-state index contributed by atoms with van der Waals surface area (Å²) in [4.78, 5) is 2.85. The molecule has 0 spiro atoms. The van der Waals surface area contributed by atoms with Crippen molar-refractivity contribution in [2.45, 2.75) is 46.6 Å². The monoisotopic (exact) mass is 255 g/mol. The van der Waals surface area contributed by atoms with E-state index in [1.807, 2.05) is 11.3 Å². The Hall–Kier alpha value is -0.380. The van der Waals surface area contributed by atoms with Gasteiger partial charge >= 0.3 is 0 Å². The minimum atomic E-state index is 0.161. The molecule has 0 bridgehead atoms. The molecule has 0 aliphatic carbocycles. The summed E-state index contributed by atoms with van der Waals surface area (Å²) in [5.41, 5.74) is 0.161. The van der Waals surface area contributed by atoms with E-state index < -0.39 is 0 Å². The third-order valence-corrected chi connectivity index (χ3v) is 4.55. The van der Waals surface area contributed by atoms with Crippen LogP contribution in [0.5, 0.6) is 0 Å². The van der Waals surface area contributed by atoms with E-state index >= 15 is 0 Å². The van der Waals surface area contributed by atoms with Crippen molar-refractivity contribution in [3.05, 3.63) is 21.9 Å². The predicted molar refractivity (Wildman–Crippen MR) is 75.6 cm³/mol. The molecule has 0 aromatic carbocycles. The van der Waals surface area contributed by atoms with Crippen LogP contribution in [0.1, 0.15) is 49.9 Å². The molecule has 0 radical (unpaired) electrons. The fraction of sp³-hybridized carbons (Fsp3) is 0.714.